The molecule has 3 aromatic rings. The second-order valence-electron chi connectivity index (χ2n) is 13.0. The van der Waals surface area contributed by atoms with Crippen LogP contribution in [0.3, 0.4) is 0 Å². The Morgan fingerprint density at radius 1 is 1.07 bits per heavy atom. The zero-order valence-corrected chi connectivity index (χ0v) is 24.5. The molecule has 8 rings (SSSR count). The number of fused-ring (bicyclic) bond motifs is 2. The predicted octanol–water partition coefficient (Wildman–Crippen LogP) is 4.49. The number of likely N-dealkylation sites (N-methyl/N-ethyl adjacent to an activating group) is 1. The zero-order chi connectivity index (χ0) is 28.1. The van der Waals surface area contributed by atoms with Gasteiger partial charge in [0.2, 0.25) is 0 Å². The molecule has 1 amide bonds. The first kappa shape index (κ1) is 25.4. The Hall–Kier alpha value is -3.29. The highest BCUT2D eigenvalue weighted by atomic mass is 16.5. The molecule has 4 heterocycles. The van der Waals surface area contributed by atoms with Crippen molar-refractivity contribution in [3.63, 3.8) is 0 Å². The minimum atomic E-state index is -0.116. The molecule has 2 aromatic carbocycles. The van der Waals surface area contributed by atoms with Gasteiger partial charge in [-0.15, -0.1) is 0 Å². The number of amides is 1. The molecule has 3 aliphatic heterocycles. The summed E-state index contributed by atoms with van der Waals surface area (Å²) >= 11 is 0. The molecule has 4 atom stereocenters. The summed E-state index contributed by atoms with van der Waals surface area (Å²) < 4.78 is 12.8. The molecule has 1 spiro atoms. The highest BCUT2D eigenvalue weighted by molar-refractivity contribution is 5.95. The maximum absolute atomic E-state index is 14.1. The minimum absolute atomic E-state index is 0.0769. The first-order valence-electron chi connectivity index (χ1n) is 15.2. The third kappa shape index (κ3) is 3.25. The molecule has 0 radical (unpaired) electrons. The van der Waals surface area contributed by atoms with E-state index in [2.05, 4.69) is 71.6 Å². The number of ether oxygens (including phenoxy) is 2. The lowest BCUT2D eigenvalue weighted by Gasteiger charge is -2.57. The third-order valence-corrected chi connectivity index (χ3v) is 11.6. The Balaban J connectivity index is 1.15. The predicted molar refractivity (Wildman–Crippen MR) is 158 cm³/mol. The highest BCUT2D eigenvalue weighted by Crippen LogP contribution is 2.67. The van der Waals surface area contributed by atoms with Gasteiger partial charge in [0.15, 0.2) is 11.5 Å². The van der Waals surface area contributed by atoms with Crippen LogP contribution in [0.5, 0.6) is 11.5 Å². The molecule has 2 fully saturated rings. The van der Waals surface area contributed by atoms with Crippen molar-refractivity contribution in [1.82, 2.24) is 20.1 Å². The lowest BCUT2D eigenvalue weighted by Crippen LogP contribution is -2.62. The van der Waals surface area contributed by atoms with E-state index in [-0.39, 0.29) is 23.0 Å². The number of hydrogen-bond acceptors (Lipinski definition) is 5. The Morgan fingerprint density at radius 2 is 1.85 bits per heavy atom. The normalized spacial score (nSPS) is 29.0. The van der Waals surface area contributed by atoms with E-state index in [9.17, 15) is 4.79 Å². The van der Waals surface area contributed by atoms with Gasteiger partial charge in [-0.3, -0.25) is 4.79 Å². The smallest absolute Gasteiger partial charge is 0.270 e. The first-order chi connectivity index (χ1) is 19.9. The van der Waals surface area contributed by atoms with Crippen molar-refractivity contribution >= 4 is 5.91 Å². The number of aromatic nitrogens is 1. The van der Waals surface area contributed by atoms with Crippen molar-refractivity contribution in [3.8, 4) is 11.5 Å². The number of piperidine rings is 2. The van der Waals surface area contributed by atoms with Crippen molar-refractivity contribution in [1.29, 1.82) is 0 Å². The SMILES string of the molecule is CNC1(c2ccccc2)CCN(C(=O)c2[nH]c3c(c2C)C[C@H]2[C@@H]4Cc5ccc(OC)c6c5C2(CCN4C)[C@H]3O6)CC1. The van der Waals surface area contributed by atoms with Gasteiger partial charge >= 0.3 is 0 Å². The Labute approximate surface area is 242 Å². The summed E-state index contributed by atoms with van der Waals surface area (Å²) in [5.74, 6) is 2.32. The van der Waals surface area contributed by atoms with Crippen LogP contribution in [0.2, 0.25) is 0 Å². The molecule has 0 saturated carbocycles. The number of nitrogens with zero attached hydrogens (tertiary/aromatic N) is 2. The zero-order valence-electron chi connectivity index (χ0n) is 24.5. The number of carbonyl (C=O) groups is 1. The largest absolute Gasteiger partial charge is 0.493 e. The van der Waals surface area contributed by atoms with Crippen LogP contribution in [0.15, 0.2) is 42.5 Å². The van der Waals surface area contributed by atoms with Gasteiger partial charge in [0.05, 0.1) is 12.8 Å². The second kappa shape index (κ2) is 8.85. The van der Waals surface area contributed by atoms with Crippen molar-refractivity contribution < 1.29 is 14.3 Å². The molecule has 5 aliphatic rings. The van der Waals surface area contributed by atoms with E-state index in [4.69, 9.17) is 9.47 Å². The molecule has 2 bridgehead atoms. The number of carbonyl (C=O) groups excluding carboxylic acids is 1. The summed E-state index contributed by atoms with van der Waals surface area (Å²) in [6.07, 6.45) is 4.74. The van der Waals surface area contributed by atoms with Gasteiger partial charge < -0.3 is 29.6 Å². The number of nitrogens with one attached hydrogen (secondary N) is 2. The van der Waals surface area contributed by atoms with E-state index in [0.717, 1.165) is 80.2 Å². The van der Waals surface area contributed by atoms with E-state index in [0.29, 0.717) is 12.0 Å². The Bertz CT molecular complexity index is 1540. The van der Waals surface area contributed by atoms with Crippen LogP contribution in [0.25, 0.3) is 0 Å². The van der Waals surface area contributed by atoms with Gasteiger partial charge in [0, 0.05) is 35.6 Å². The fraction of sp³-hybridized carbons (Fsp3) is 0.500. The first-order valence-corrected chi connectivity index (χ1v) is 15.2. The van der Waals surface area contributed by atoms with Gasteiger partial charge in [0.25, 0.3) is 5.91 Å². The van der Waals surface area contributed by atoms with Gasteiger partial charge in [-0.1, -0.05) is 36.4 Å². The average molecular weight is 553 g/mol. The summed E-state index contributed by atoms with van der Waals surface area (Å²) in [5, 5.41) is 3.59. The molecule has 7 nitrogen and oxygen atoms in total. The van der Waals surface area contributed by atoms with Crippen LogP contribution >= 0.6 is 0 Å². The summed E-state index contributed by atoms with van der Waals surface area (Å²) in [7, 11) is 6.06. The molecule has 2 aliphatic carbocycles. The number of benzene rings is 2. The topological polar surface area (TPSA) is 69.8 Å². The number of hydrogen-bond donors (Lipinski definition) is 2. The van der Waals surface area contributed by atoms with Crippen molar-refractivity contribution in [2.24, 2.45) is 5.92 Å². The summed E-state index contributed by atoms with van der Waals surface area (Å²) in [6.45, 7) is 4.65. The fourth-order valence-electron chi connectivity index (χ4n) is 9.34. The molecular formula is C34H40N4O3. The second-order valence-corrected chi connectivity index (χ2v) is 13.0. The molecule has 214 valence electrons. The van der Waals surface area contributed by atoms with Gasteiger partial charge in [0.1, 0.15) is 11.8 Å². The molecule has 41 heavy (non-hydrogen) atoms. The van der Waals surface area contributed by atoms with Crippen LogP contribution in [-0.4, -0.2) is 67.6 Å². The van der Waals surface area contributed by atoms with Crippen molar-refractivity contribution in [2.75, 3.05) is 40.8 Å². The van der Waals surface area contributed by atoms with E-state index < -0.39 is 0 Å². The molecule has 2 saturated heterocycles. The van der Waals surface area contributed by atoms with E-state index in [1.54, 1.807) is 7.11 Å². The molecule has 1 unspecified atom stereocenters. The Kier molecular flexibility index (Phi) is 5.49. The number of rotatable bonds is 4. The van der Waals surface area contributed by atoms with E-state index in [1.807, 2.05) is 11.9 Å². The number of likely N-dealkylation sites (tertiary alicyclic amines) is 2. The van der Waals surface area contributed by atoms with E-state index >= 15 is 0 Å². The summed E-state index contributed by atoms with van der Waals surface area (Å²) in [4.78, 5) is 22.4. The van der Waals surface area contributed by atoms with Crippen LogP contribution in [0, 0.1) is 12.8 Å². The number of methoxy groups -OCH3 is 1. The number of H-pyrrole nitrogens is 1. The third-order valence-electron chi connectivity index (χ3n) is 11.6. The maximum atomic E-state index is 14.1. The number of aromatic amines is 1. The Morgan fingerprint density at radius 3 is 2.59 bits per heavy atom. The monoisotopic (exact) mass is 552 g/mol. The molecule has 1 aromatic heterocycles. The van der Waals surface area contributed by atoms with Gasteiger partial charge in [-0.2, -0.15) is 0 Å². The average Bonchev–Trinajstić information content (AvgIpc) is 3.53. The van der Waals surface area contributed by atoms with Crippen LogP contribution in [-0.2, 0) is 23.8 Å². The van der Waals surface area contributed by atoms with Crippen molar-refractivity contribution in [3.05, 3.63) is 81.7 Å². The highest BCUT2D eigenvalue weighted by Gasteiger charge is 2.65. The van der Waals surface area contributed by atoms with Gasteiger partial charge in [-0.25, -0.2) is 0 Å². The quantitative estimate of drug-likeness (QED) is 0.499. The van der Waals surface area contributed by atoms with Crippen LogP contribution in [0.4, 0.5) is 0 Å². The van der Waals surface area contributed by atoms with Crippen molar-refractivity contribution in [2.45, 2.75) is 62.1 Å². The lowest BCUT2D eigenvalue weighted by molar-refractivity contribution is -0.0256. The molecular weight excluding hydrogens is 512 g/mol. The molecule has 2 N–H and O–H groups in total. The van der Waals surface area contributed by atoms with Crippen LogP contribution < -0.4 is 14.8 Å². The minimum Gasteiger partial charge on any atom is -0.493 e. The summed E-state index contributed by atoms with van der Waals surface area (Å²) in [6, 6.07) is 15.5. The van der Waals surface area contributed by atoms with E-state index in [1.165, 1.54) is 22.3 Å². The van der Waals surface area contributed by atoms with Gasteiger partial charge in [-0.05, 0) is 93.9 Å². The fourth-order valence-corrected chi connectivity index (χ4v) is 9.34. The standard InChI is InChI=1S/C34H40N4O3/c1-20-23-19-24-25-18-21-10-11-26(40-4)30-27(21)34(24,14-15-37(25)3)31(41-30)29(23)36-28(20)32(39)38-16-12-33(35-2,13-17-38)22-8-6-5-7-9-22/h5-11,24-25,31,35-36H,12-19H2,1-4H3/t24-,25-,31-,34?/m0/s1. The van der Waals surface area contributed by atoms with Crippen LogP contribution in [0.1, 0.15) is 69.4 Å². The molecule has 7 heteroatoms. The maximum Gasteiger partial charge on any atom is 0.270 e. The summed E-state index contributed by atoms with van der Waals surface area (Å²) in [5.41, 5.74) is 8.16. The lowest BCUT2D eigenvalue weighted by atomic mass is 9.51.